The molecule has 0 aliphatic heterocycles. The molecule has 0 saturated heterocycles. The second kappa shape index (κ2) is 3.12. The normalized spacial score (nSPS) is 12.2. The van der Waals surface area contributed by atoms with Crippen LogP contribution in [-0.2, 0) is 9.63 Å². The highest BCUT2D eigenvalue weighted by Crippen LogP contribution is 2.13. The fourth-order valence-electron chi connectivity index (χ4n) is 0.753. The first-order valence-corrected chi connectivity index (χ1v) is 3.34. The van der Waals surface area contributed by atoms with Crippen LogP contribution in [0.25, 0.3) is 0 Å². The third kappa shape index (κ3) is 2.08. The molecule has 3 heteroatoms. The molecule has 60 valence electrons. The van der Waals surface area contributed by atoms with Crippen LogP contribution in [0, 0.1) is 5.92 Å². The van der Waals surface area contributed by atoms with E-state index in [0.29, 0.717) is 0 Å². The molecule has 0 spiro atoms. The molecule has 0 bridgehead atoms. The summed E-state index contributed by atoms with van der Waals surface area (Å²) in [5.74, 6) is 4.92. The molecular formula is C7H15NO2. The highest BCUT2D eigenvalue weighted by Gasteiger charge is 2.29. The largest absolute Gasteiger partial charge is 0.296 e. The summed E-state index contributed by atoms with van der Waals surface area (Å²) in [6.07, 6.45) is 0. The van der Waals surface area contributed by atoms with Crippen molar-refractivity contribution in [1.82, 2.24) is 0 Å². The van der Waals surface area contributed by atoms with Crippen LogP contribution in [0.1, 0.15) is 27.7 Å². The number of carbonyl (C=O) groups is 1. The molecule has 0 fully saturated rings. The molecule has 0 aromatic rings. The summed E-state index contributed by atoms with van der Waals surface area (Å²) in [5, 5.41) is 0. The van der Waals surface area contributed by atoms with Gasteiger partial charge in [-0.25, -0.2) is 5.90 Å². The zero-order chi connectivity index (χ0) is 8.36. The Morgan fingerprint density at radius 2 is 1.90 bits per heavy atom. The molecule has 3 nitrogen and oxygen atoms in total. The van der Waals surface area contributed by atoms with Gasteiger partial charge in [0.25, 0.3) is 0 Å². The molecule has 0 unspecified atom stereocenters. The smallest absolute Gasteiger partial charge is 0.168 e. The Kier molecular flexibility index (Phi) is 2.99. The molecule has 0 aliphatic rings. The minimum atomic E-state index is -0.839. The summed E-state index contributed by atoms with van der Waals surface area (Å²) >= 11 is 0. The Hall–Kier alpha value is -0.410. The minimum absolute atomic E-state index is 0.0231. The van der Waals surface area contributed by atoms with Crippen molar-refractivity contribution in [2.24, 2.45) is 11.8 Å². The number of carbonyl (C=O) groups excluding carboxylic acids is 1. The van der Waals surface area contributed by atoms with E-state index in [0.717, 1.165) is 0 Å². The number of rotatable bonds is 3. The number of Topliss-reactive ketones (excluding diaryl/α,β-unsaturated/α-hetero) is 1. The summed E-state index contributed by atoms with van der Waals surface area (Å²) in [5.41, 5.74) is -0.839. The Morgan fingerprint density at radius 3 is 2.00 bits per heavy atom. The number of hydrogen-bond donors (Lipinski definition) is 1. The predicted octanol–water partition coefficient (Wildman–Crippen LogP) is 0.880. The van der Waals surface area contributed by atoms with Gasteiger partial charge in [0, 0.05) is 5.92 Å². The number of nitrogens with two attached hydrogens (primary N) is 1. The van der Waals surface area contributed by atoms with Crippen LogP contribution in [-0.4, -0.2) is 11.4 Å². The van der Waals surface area contributed by atoms with Crippen LogP contribution in [0.3, 0.4) is 0 Å². The molecule has 0 aromatic heterocycles. The van der Waals surface area contributed by atoms with Gasteiger partial charge in [0.15, 0.2) is 5.78 Å². The predicted molar refractivity (Wildman–Crippen MR) is 39.2 cm³/mol. The molecule has 0 atom stereocenters. The SMILES string of the molecule is CC(C)C(=O)C(C)(C)ON. The van der Waals surface area contributed by atoms with E-state index in [1.54, 1.807) is 13.8 Å². The van der Waals surface area contributed by atoms with Gasteiger partial charge in [0.05, 0.1) is 0 Å². The molecule has 10 heavy (non-hydrogen) atoms. The van der Waals surface area contributed by atoms with Crippen LogP contribution in [0.2, 0.25) is 0 Å². The van der Waals surface area contributed by atoms with Crippen molar-refractivity contribution >= 4 is 5.78 Å². The van der Waals surface area contributed by atoms with E-state index in [9.17, 15) is 4.79 Å². The number of ketones is 1. The van der Waals surface area contributed by atoms with Crippen molar-refractivity contribution in [2.45, 2.75) is 33.3 Å². The van der Waals surface area contributed by atoms with Crippen molar-refractivity contribution < 1.29 is 9.63 Å². The van der Waals surface area contributed by atoms with Crippen molar-refractivity contribution in [3.8, 4) is 0 Å². The Balaban J connectivity index is 4.19. The third-order valence-corrected chi connectivity index (χ3v) is 1.41. The van der Waals surface area contributed by atoms with Crippen LogP contribution in [0.15, 0.2) is 0 Å². The van der Waals surface area contributed by atoms with Gasteiger partial charge in [-0.15, -0.1) is 0 Å². The molecular weight excluding hydrogens is 130 g/mol. The fourth-order valence-corrected chi connectivity index (χ4v) is 0.753. The van der Waals surface area contributed by atoms with E-state index in [2.05, 4.69) is 4.84 Å². The lowest BCUT2D eigenvalue weighted by Gasteiger charge is -2.21. The summed E-state index contributed by atoms with van der Waals surface area (Å²) in [6, 6.07) is 0. The average Bonchev–Trinajstić information content (AvgIpc) is 1.86. The van der Waals surface area contributed by atoms with E-state index < -0.39 is 5.60 Å². The highest BCUT2D eigenvalue weighted by molar-refractivity contribution is 5.87. The lowest BCUT2D eigenvalue weighted by Crippen LogP contribution is -2.40. The van der Waals surface area contributed by atoms with Crippen LogP contribution < -0.4 is 5.90 Å². The van der Waals surface area contributed by atoms with Crippen molar-refractivity contribution in [3.05, 3.63) is 0 Å². The number of hydrogen-bond acceptors (Lipinski definition) is 3. The van der Waals surface area contributed by atoms with Crippen molar-refractivity contribution in [3.63, 3.8) is 0 Å². The molecule has 0 amide bonds. The second-order valence-electron chi connectivity index (χ2n) is 3.15. The maximum Gasteiger partial charge on any atom is 0.168 e. The van der Waals surface area contributed by atoms with Crippen LogP contribution in [0.4, 0.5) is 0 Å². The van der Waals surface area contributed by atoms with E-state index in [1.807, 2.05) is 13.8 Å². The standard InChI is InChI=1S/C7H15NO2/c1-5(2)6(9)7(3,4)10-8/h5H,8H2,1-4H3. The summed E-state index contributed by atoms with van der Waals surface area (Å²) in [6.45, 7) is 6.97. The first kappa shape index (κ1) is 9.59. The maximum absolute atomic E-state index is 11.2. The first-order valence-electron chi connectivity index (χ1n) is 3.34. The van der Waals surface area contributed by atoms with Crippen molar-refractivity contribution in [1.29, 1.82) is 0 Å². The van der Waals surface area contributed by atoms with E-state index >= 15 is 0 Å². The zero-order valence-electron chi connectivity index (χ0n) is 6.97. The Morgan fingerprint density at radius 1 is 1.50 bits per heavy atom. The van der Waals surface area contributed by atoms with Crippen LogP contribution in [0.5, 0.6) is 0 Å². The molecule has 0 heterocycles. The zero-order valence-corrected chi connectivity index (χ0v) is 6.97. The van der Waals surface area contributed by atoms with Crippen molar-refractivity contribution in [2.75, 3.05) is 0 Å². The molecule has 0 radical (unpaired) electrons. The Bertz CT molecular complexity index is 130. The second-order valence-corrected chi connectivity index (χ2v) is 3.15. The van der Waals surface area contributed by atoms with Gasteiger partial charge in [-0.1, -0.05) is 13.8 Å². The van der Waals surface area contributed by atoms with E-state index in [-0.39, 0.29) is 11.7 Å². The Labute approximate surface area is 61.5 Å². The van der Waals surface area contributed by atoms with Gasteiger partial charge >= 0.3 is 0 Å². The molecule has 2 N–H and O–H groups in total. The van der Waals surface area contributed by atoms with Gasteiger partial charge < -0.3 is 0 Å². The lowest BCUT2D eigenvalue weighted by atomic mass is 9.94. The van der Waals surface area contributed by atoms with Gasteiger partial charge in [-0.2, -0.15) is 0 Å². The maximum atomic E-state index is 11.2. The van der Waals surface area contributed by atoms with Gasteiger partial charge in [0.2, 0.25) is 0 Å². The summed E-state index contributed by atoms with van der Waals surface area (Å²) < 4.78 is 0. The topological polar surface area (TPSA) is 52.3 Å². The molecule has 0 aromatic carbocycles. The van der Waals surface area contributed by atoms with E-state index in [4.69, 9.17) is 5.90 Å². The quantitative estimate of drug-likeness (QED) is 0.600. The fraction of sp³-hybridized carbons (Fsp3) is 0.857. The van der Waals surface area contributed by atoms with Gasteiger partial charge in [-0.3, -0.25) is 9.63 Å². The average molecular weight is 145 g/mol. The highest BCUT2D eigenvalue weighted by atomic mass is 16.6. The lowest BCUT2D eigenvalue weighted by molar-refractivity contribution is -0.144. The molecule has 0 aliphatic carbocycles. The van der Waals surface area contributed by atoms with Crippen LogP contribution >= 0.6 is 0 Å². The first-order chi connectivity index (χ1) is 4.41. The monoisotopic (exact) mass is 145 g/mol. The molecule has 0 rings (SSSR count). The van der Waals surface area contributed by atoms with E-state index in [1.165, 1.54) is 0 Å². The third-order valence-electron chi connectivity index (χ3n) is 1.41. The minimum Gasteiger partial charge on any atom is -0.296 e. The van der Waals surface area contributed by atoms with Gasteiger partial charge in [0.1, 0.15) is 5.60 Å². The van der Waals surface area contributed by atoms with Gasteiger partial charge in [-0.05, 0) is 13.8 Å². The summed E-state index contributed by atoms with van der Waals surface area (Å²) in [4.78, 5) is 15.7. The summed E-state index contributed by atoms with van der Waals surface area (Å²) in [7, 11) is 0. The molecule has 0 saturated carbocycles.